The molecule has 0 bridgehead atoms. The van der Waals surface area contributed by atoms with Crippen molar-refractivity contribution in [2.24, 2.45) is 5.10 Å². The first-order chi connectivity index (χ1) is 12.2. The summed E-state index contributed by atoms with van der Waals surface area (Å²) in [5.74, 6) is 2.19. The van der Waals surface area contributed by atoms with Gasteiger partial charge in [-0.3, -0.25) is 0 Å². The van der Waals surface area contributed by atoms with Gasteiger partial charge in [-0.25, -0.2) is 10.5 Å². The quantitative estimate of drug-likeness (QED) is 0.342. The van der Waals surface area contributed by atoms with E-state index in [4.69, 9.17) is 4.74 Å². The average molecular weight is 355 g/mol. The number of H-pyrrole nitrogens is 1. The van der Waals surface area contributed by atoms with Crippen molar-refractivity contribution in [3.05, 3.63) is 59.7 Å². The lowest BCUT2D eigenvalue weighted by Gasteiger charge is -2.01. The van der Waals surface area contributed by atoms with E-state index in [0.29, 0.717) is 16.7 Å². The van der Waals surface area contributed by atoms with Gasteiger partial charge in [0.05, 0.1) is 13.3 Å². The highest BCUT2D eigenvalue weighted by molar-refractivity contribution is 7.98. The molecule has 0 aliphatic rings. The number of nitrogens with zero attached hydrogens (tertiary/aromatic N) is 3. The van der Waals surface area contributed by atoms with Crippen molar-refractivity contribution in [3.8, 4) is 11.5 Å². The molecule has 0 amide bonds. The number of methoxy groups -OCH3 is 1. The molecule has 0 radical (unpaired) electrons. The fourth-order valence-corrected chi connectivity index (χ4v) is 2.74. The first-order valence-corrected chi connectivity index (χ1v) is 8.48. The van der Waals surface area contributed by atoms with Crippen molar-refractivity contribution in [1.29, 1.82) is 0 Å². The van der Waals surface area contributed by atoms with Gasteiger partial charge in [0.2, 0.25) is 11.1 Å². The van der Waals surface area contributed by atoms with E-state index >= 15 is 0 Å². The number of hydrogen-bond acceptors (Lipinski definition) is 7. The second-order valence-corrected chi connectivity index (χ2v) is 5.97. The molecule has 0 aliphatic carbocycles. The van der Waals surface area contributed by atoms with Crippen molar-refractivity contribution in [2.75, 3.05) is 12.5 Å². The molecular formula is C17H17N5O2S. The lowest BCUT2D eigenvalue weighted by molar-refractivity contribution is 0.414. The Morgan fingerprint density at radius 1 is 1.24 bits per heavy atom. The van der Waals surface area contributed by atoms with Gasteiger partial charge in [-0.05, 0) is 29.8 Å². The van der Waals surface area contributed by atoms with Crippen LogP contribution in [-0.4, -0.2) is 33.6 Å². The van der Waals surface area contributed by atoms with Crippen LogP contribution in [0, 0.1) is 0 Å². The average Bonchev–Trinajstić information content (AvgIpc) is 3.10. The number of rotatable bonds is 7. The molecule has 3 aromatic rings. The Morgan fingerprint density at radius 3 is 2.80 bits per heavy atom. The Balaban J connectivity index is 1.52. The van der Waals surface area contributed by atoms with Crippen molar-refractivity contribution < 1.29 is 9.84 Å². The molecule has 128 valence electrons. The van der Waals surface area contributed by atoms with Crippen molar-refractivity contribution in [1.82, 2.24) is 15.2 Å². The van der Waals surface area contributed by atoms with E-state index in [0.717, 1.165) is 17.1 Å². The number of benzene rings is 2. The molecule has 3 N–H and O–H groups in total. The van der Waals surface area contributed by atoms with Gasteiger partial charge < -0.3 is 9.84 Å². The maximum atomic E-state index is 9.66. The van der Waals surface area contributed by atoms with E-state index in [9.17, 15) is 5.11 Å². The molecule has 0 unspecified atom stereocenters. The number of phenolic OH excluding ortho intramolecular Hbond substituents is 1. The fourth-order valence-electron chi connectivity index (χ4n) is 1.99. The van der Waals surface area contributed by atoms with Crippen molar-refractivity contribution >= 4 is 23.9 Å². The van der Waals surface area contributed by atoms with Gasteiger partial charge in [-0.2, -0.15) is 10.1 Å². The number of anilines is 1. The minimum absolute atomic E-state index is 0.168. The predicted octanol–water partition coefficient (Wildman–Crippen LogP) is 3.26. The topological polar surface area (TPSA) is 95.4 Å². The summed E-state index contributed by atoms with van der Waals surface area (Å²) in [6.45, 7) is 0. The van der Waals surface area contributed by atoms with Crippen LogP contribution in [0.3, 0.4) is 0 Å². The number of para-hydroxylation sites is 1. The molecule has 2 aromatic carbocycles. The monoisotopic (exact) mass is 355 g/mol. The molecule has 1 aromatic heterocycles. The maximum Gasteiger partial charge on any atom is 0.240 e. The predicted molar refractivity (Wildman–Crippen MR) is 98.3 cm³/mol. The van der Waals surface area contributed by atoms with Crippen molar-refractivity contribution in [3.63, 3.8) is 0 Å². The van der Waals surface area contributed by atoms with Gasteiger partial charge in [-0.15, -0.1) is 5.10 Å². The third-order valence-electron chi connectivity index (χ3n) is 3.30. The van der Waals surface area contributed by atoms with Crippen LogP contribution in [0.15, 0.2) is 58.8 Å². The van der Waals surface area contributed by atoms with Crippen LogP contribution in [0.5, 0.6) is 11.5 Å². The third-order valence-corrected chi connectivity index (χ3v) is 4.22. The van der Waals surface area contributed by atoms with E-state index in [1.807, 2.05) is 30.3 Å². The molecule has 0 atom stereocenters. The van der Waals surface area contributed by atoms with E-state index in [-0.39, 0.29) is 5.75 Å². The van der Waals surface area contributed by atoms with Crippen LogP contribution < -0.4 is 10.2 Å². The smallest absolute Gasteiger partial charge is 0.240 e. The van der Waals surface area contributed by atoms with E-state index in [2.05, 4.69) is 25.7 Å². The Bertz CT molecular complexity index is 848. The standard InChI is InChI=1S/C17H17N5O2S/c1-24-14-8-6-12(7-9-14)11-25-17-19-16(21-22-17)20-18-10-13-4-2-3-5-15(13)23/h2-10,23H,11H2,1H3,(H2,19,20,21,22)/b18-10+. The summed E-state index contributed by atoms with van der Waals surface area (Å²) >= 11 is 1.51. The Labute approximate surface area is 149 Å². The fraction of sp³-hybridized carbons (Fsp3) is 0.118. The second kappa shape index (κ2) is 8.20. The zero-order chi connectivity index (χ0) is 17.5. The number of hydrazone groups is 1. The molecule has 0 aliphatic heterocycles. The van der Waals surface area contributed by atoms with E-state index < -0.39 is 0 Å². The van der Waals surface area contributed by atoms with Gasteiger partial charge in [0.1, 0.15) is 11.5 Å². The summed E-state index contributed by atoms with van der Waals surface area (Å²) < 4.78 is 5.14. The van der Waals surface area contributed by atoms with Gasteiger partial charge in [0.15, 0.2) is 0 Å². The summed E-state index contributed by atoms with van der Waals surface area (Å²) in [6.07, 6.45) is 1.52. The summed E-state index contributed by atoms with van der Waals surface area (Å²) in [7, 11) is 1.65. The van der Waals surface area contributed by atoms with E-state index in [1.54, 1.807) is 25.3 Å². The summed E-state index contributed by atoms with van der Waals surface area (Å²) in [5.41, 5.74) is 4.52. The van der Waals surface area contributed by atoms with Crippen LogP contribution >= 0.6 is 11.8 Å². The van der Waals surface area contributed by atoms with Gasteiger partial charge >= 0.3 is 0 Å². The molecule has 0 saturated heterocycles. The van der Waals surface area contributed by atoms with Gasteiger partial charge in [0, 0.05) is 11.3 Å². The van der Waals surface area contributed by atoms with Gasteiger partial charge in [0.25, 0.3) is 0 Å². The molecule has 1 heterocycles. The molecule has 0 saturated carbocycles. The summed E-state index contributed by atoms with van der Waals surface area (Å²) in [5, 5.41) is 21.2. The van der Waals surface area contributed by atoms with E-state index in [1.165, 1.54) is 18.0 Å². The van der Waals surface area contributed by atoms with Crippen LogP contribution in [-0.2, 0) is 5.75 Å². The largest absolute Gasteiger partial charge is 0.507 e. The number of aromatic nitrogens is 3. The Kier molecular flexibility index (Phi) is 5.53. The molecule has 0 fully saturated rings. The molecule has 8 heteroatoms. The van der Waals surface area contributed by atoms with Crippen LogP contribution in [0.2, 0.25) is 0 Å². The number of aromatic hydroxyl groups is 1. The third kappa shape index (κ3) is 4.74. The Hall–Kier alpha value is -3.00. The minimum atomic E-state index is 0.168. The highest BCUT2D eigenvalue weighted by Crippen LogP contribution is 2.21. The highest BCUT2D eigenvalue weighted by Gasteiger charge is 2.04. The lowest BCUT2D eigenvalue weighted by atomic mass is 10.2. The number of hydrogen-bond donors (Lipinski definition) is 3. The molecule has 3 rings (SSSR count). The summed E-state index contributed by atoms with van der Waals surface area (Å²) in [6, 6.07) is 14.8. The second-order valence-electron chi connectivity index (χ2n) is 5.03. The molecule has 0 spiro atoms. The first kappa shape index (κ1) is 16.8. The molecule has 7 nitrogen and oxygen atoms in total. The zero-order valence-corrected chi connectivity index (χ0v) is 14.3. The zero-order valence-electron chi connectivity index (χ0n) is 13.5. The van der Waals surface area contributed by atoms with Crippen molar-refractivity contribution in [2.45, 2.75) is 10.9 Å². The maximum absolute atomic E-state index is 9.66. The normalized spacial score (nSPS) is 10.9. The van der Waals surface area contributed by atoms with Gasteiger partial charge in [-0.1, -0.05) is 36.0 Å². The lowest BCUT2D eigenvalue weighted by Crippen LogP contribution is -1.92. The number of phenols is 1. The van der Waals surface area contributed by atoms with Crippen LogP contribution in [0.25, 0.3) is 0 Å². The number of nitrogens with one attached hydrogen (secondary N) is 2. The molecular weight excluding hydrogens is 338 g/mol. The minimum Gasteiger partial charge on any atom is -0.507 e. The number of ether oxygens (including phenoxy) is 1. The molecule has 25 heavy (non-hydrogen) atoms. The Morgan fingerprint density at radius 2 is 2.04 bits per heavy atom. The number of thioether (sulfide) groups is 1. The number of aromatic amines is 1. The van der Waals surface area contributed by atoms with Crippen LogP contribution in [0.4, 0.5) is 5.95 Å². The SMILES string of the molecule is COc1ccc(CSc2n[nH]c(N/N=C/c3ccccc3O)n2)cc1. The highest BCUT2D eigenvalue weighted by atomic mass is 32.2. The first-order valence-electron chi connectivity index (χ1n) is 7.50. The summed E-state index contributed by atoms with van der Waals surface area (Å²) in [4.78, 5) is 4.30. The van der Waals surface area contributed by atoms with Crippen LogP contribution in [0.1, 0.15) is 11.1 Å².